The van der Waals surface area contributed by atoms with Gasteiger partial charge >= 0.3 is 0 Å². The third-order valence-corrected chi connectivity index (χ3v) is 2.60. The van der Waals surface area contributed by atoms with Gasteiger partial charge in [-0.3, -0.25) is 0 Å². The lowest BCUT2D eigenvalue weighted by atomic mass is 9.93. The van der Waals surface area contributed by atoms with Gasteiger partial charge in [0.25, 0.3) is 0 Å². The summed E-state index contributed by atoms with van der Waals surface area (Å²) in [6.45, 7) is 3.08. The van der Waals surface area contributed by atoms with Gasteiger partial charge in [-0.15, -0.1) is 0 Å². The first-order chi connectivity index (χ1) is 5.81. The van der Waals surface area contributed by atoms with E-state index in [1.807, 2.05) is 6.07 Å². The predicted octanol–water partition coefficient (Wildman–Crippen LogP) is 2.71. The molecule has 1 aliphatic heterocycles. The maximum Gasteiger partial charge on any atom is 0.0904 e. The lowest BCUT2D eigenvalue weighted by Crippen LogP contribution is -2.19. The van der Waals surface area contributed by atoms with Gasteiger partial charge in [0.05, 0.1) is 5.60 Å². The van der Waals surface area contributed by atoms with Crippen LogP contribution in [0.4, 0.5) is 0 Å². The minimum atomic E-state index is -0.0126. The Balaban J connectivity index is 2.29. The molecule has 64 valence electrons. The summed E-state index contributed by atoms with van der Waals surface area (Å²) in [5.41, 5.74) is 1.30. The molecule has 0 amide bonds. The topological polar surface area (TPSA) is 9.23 Å². The van der Waals surface area contributed by atoms with Gasteiger partial charge in [0.1, 0.15) is 0 Å². The summed E-state index contributed by atoms with van der Waals surface area (Å²) in [6.07, 6.45) is 2.34. The van der Waals surface area contributed by atoms with Crippen molar-refractivity contribution in [2.75, 3.05) is 6.61 Å². The standard InChI is InChI=1S/C11H14O/c1-11(8-5-9-12-11)10-6-3-2-4-7-10/h2-4,6-7H,5,8-9H2,1H3. The Labute approximate surface area is 73.4 Å². The van der Waals surface area contributed by atoms with Crippen molar-refractivity contribution >= 4 is 0 Å². The first-order valence-corrected chi connectivity index (χ1v) is 4.51. The quantitative estimate of drug-likeness (QED) is 0.617. The highest BCUT2D eigenvalue weighted by molar-refractivity contribution is 5.22. The van der Waals surface area contributed by atoms with Gasteiger partial charge in [-0.25, -0.2) is 0 Å². The first kappa shape index (κ1) is 7.81. The summed E-state index contributed by atoms with van der Waals surface area (Å²) < 4.78 is 5.73. The Morgan fingerprint density at radius 3 is 2.58 bits per heavy atom. The van der Waals surface area contributed by atoms with Crippen LogP contribution in [0.2, 0.25) is 0 Å². The third-order valence-electron chi connectivity index (χ3n) is 2.60. The minimum absolute atomic E-state index is 0.0126. The molecule has 0 aromatic heterocycles. The van der Waals surface area contributed by atoms with E-state index in [9.17, 15) is 0 Å². The van der Waals surface area contributed by atoms with Crippen LogP contribution in [0.1, 0.15) is 25.3 Å². The van der Waals surface area contributed by atoms with Crippen LogP contribution >= 0.6 is 0 Å². The normalized spacial score (nSPS) is 29.1. The number of rotatable bonds is 1. The van der Waals surface area contributed by atoms with Crippen molar-refractivity contribution in [2.24, 2.45) is 0 Å². The van der Waals surface area contributed by atoms with E-state index in [0.29, 0.717) is 0 Å². The molecule has 12 heavy (non-hydrogen) atoms. The summed E-state index contributed by atoms with van der Waals surface area (Å²) in [4.78, 5) is 0. The monoisotopic (exact) mass is 162 g/mol. The second-order valence-corrected chi connectivity index (χ2v) is 3.55. The molecule has 1 fully saturated rings. The van der Waals surface area contributed by atoms with Crippen LogP contribution in [0.25, 0.3) is 0 Å². The molecule has 1 aliphatic rings. The molecule has 0 bridgehead atoms. The highest BCUT2D eigenvalue weighted by Crippen LogP contribution is 2.34. The second-order valence-electron chi connectivity index (χ2n) is 3.55. The van der Waals surface area contributed by atoms with E-state index in [2.05, 4.69) is 31.2 Å². The van der Waals surface area contributed by atoms with Crippen molar-refractivity contribution in [2.45, 2.75) is 25.4 Å². The summed E-state index contributed by atoms with van der Waals surface area (Å²) in [5.74, 6) is 0. The fourth-order valence-corrected chi connectivity index (χ4v) is 1.80. The van der Waals surface area contributed by atoms with Crippen LogP contribution in [-0.2, 0) is 10.3 Å². The van der Waals surface area contributed by atoms with Gasteiger partial charge in [-0.1, -0.05) is 30.3 Å². The molecule has 1 saturated heterocycles. The Hall–Kier alpha value is -0.820. The smallest absolute Gasteiger partial charge is 0.0904 e. The zero-order valence-electron chi connectivity index (χ0n) is 7.42. The highest BCUT2D eigenvalue weighted by Gasteiger charge is 2.31. The number of hydrogen-bond donors (Lipinski definition) is 0. The molecule has 1 heterocycles. The molecule has 0 radical (unpaired) electrons. The van der Waals surface area contributed by atoms with Crippen molar-refractivity contribution in [1.29, 1.82) is 0 Å². The van der Waals surface area contributed by atoms with Crippen molar-refractivity contribution in [3.05, 3.63) is 35.9 Å². The van der Waals surface area contributed by atoms with Crippen LogP contribution in [-0.4, -0.2) is 6.61 Å². The molecule has 0 spiro atoms. The molecule has 2 rings (SSSR count). The van der Waals surface area contributed by atoms with Crippen molar-refractivity contribution < 1.29 is 4.74 Å². The third kappa shape index (κ3) is 1.25. The Morgan fingerprint density at radius 1 is 1.25 bits per heavy atom. The molecular formula is C11H14O. The average molecular weight is 162 g/mol. The summed E-state index contributed by atoms with van der Waals surface area (Å²) in [5, 5.41) is 0. The van der Waals surface area contributed by atoms with Crippen LogP contribution in [0.15, 0.2) is 30.3 Å². The Morgan fingerprint density at radius 2 is 2.00 bits per heavy atom. The summed E-state index contributed by atoms with van der Waals surface area (Å²) in [7, 11) is 0. The predicted molar refractivity (Wildman–Crippen MR) is 49.0 cm³/mol. The average Bonchev–Trinajstić information content (AvgIpc) is 2.55. The zero-order chi connectivity index (χ0) is 8.44. The van der Waals surface area contributed by atoms with Crippen molar-refractivity contribution in [1.82, 2.24) is 0 Å². The largest absolute Gasteiger partial charge is 0.371 e. The lowest BCUT2D eigenvalue weighted by Gasteiger charge is -2.23. The van der Waals surface area contributed by atoms with E-state index in [1.54, 1.807) is 0 Å². The molecule has 1 aromatic carbocycles. The number of ether oxygens (including phenoxy) is 1. The van der Waals surface area contributed by atoms with Crippen LogP contribution < -0.4 is 0 Å². The van der Waals surface area contributed by atoms with Crippen LogP contribution in [0, 0.1) is 0 Å². The SMILES string of the molecule is CC1(c2ccccc2)CCCO1. The Bertz CT molecular complexity index is 247. The molecule has 1 nitrogen and oxygen atoms in total. The van der Waals surface area contributed by atoms with Crippen molar-refractivity contribution in [3.8, 4) is 0 Å². The maximum absolute atomic E-state index is 5.73. The van der Waals surface area contributed by atoms with E-state index < -0.39 is 0 Å². The number of hydrogen-bond acceptors (Lipinski definition) is 1. The first-order valence-electron chi connectivity index (χ1n) is 4.51. The van der Waals surface area contributed by atoms with E-state index >= 15 is 0 Å². The summed E-state index contributed by atoms with van der Waals surface area (Å²) in [6, 6.07) is 10.5. The lowest BCUT2D eigenvalue weighted by molar-refractivity contribution is 0.0168. The fourth-order valence-electron chi connectivity index (χ4n) is 1.80. The number of benzene rings is 1. The Kier molecular flexibility index (Phi) is 1.89. The van der Waals surface area contributed by atoms with E-state index in [-0.39, 0.29) is 5.60 Å². The molecule has 1 unspecified atom stereocenters. The van der Waals surface area contributed by atoms with Crippen LogP contribution in [0.5, 0.6) is 0 Å². The highest BCUT2D eigenvalue weighted by atomic mass is 16.5. The van der Waals surface area contributed by atoms with E-state index in [1.165, 1.54) is 12.0 Å². The summed E-state index contributed by atoms with van der Waals surface area (Å²) >= 11 is 0. The molecule has 1 heteroatoms. The van der Waals surface area contributed by atoms with E-state index in [4.69, 9.17) is 4.74 Å². The fraction of sp³-hybridized carbons (Fsp3) is 0.455. The molecule has 0 aliphatic carbocycles. The van der Waals surface area contributed by atoms with Gasteiger partial charge in [0, 0.05) is 6.61 Å². The second kappa shape index (κ2) is 2.91. The molecule has 1 atom stereocenters. The van der Waals surface area contributed by atoms with E-state index in [0.717, 1.165) is 13.0 Å². The maximum atomic E-state index is 5.73. The molecular weight excluding hydrogens is 148 g/mol. The van der Waals surface area contributed by atoms with Crippen LogP contribution in [0.3, 0.4) is 0 Å². The van der Waals surface area contributed by atoms with Gasteiger partial charge in [0.2, 0.25) is 0 Å². The van der Waals surface area contributed by atoms with Gasteiger partial charge < -0.3 is 4.74 Å². The minimum Gasteiger partial charge on any atom is -0.371 e. The van der Waals surface area contributed by atoms with Crippen molar-refractivity contribution in [3.63, 3.8) is 0 Å². The van der Waals surface area contributed by atoms with Gasteiger partial charge in [-0.2, -0.15) is 0 Å². The van der Waals surface area contributed by atoms with Gasteiger partial charge in [-0.05, 0) is 25.3 Å². The van der Waals surface area contributed by atoms with Gasteiger partial charge in [0.15, 0.2) is 0 Å². The molecule has 0 saturated carbocycles. The molecule has 1 aromatic rings. The zero-order valence-corrected chi connectivity index (χ0v) is 7.42. The molecule has 0 N–H and O–H groups in total.